The van der Waals surface area contributed by atoms with E-state index in [9.17, 15) is 14.4 Å². The van der Waals surface area contributed by atoms with Gasteiger partial charge in [0.05, 0.1) is 35.3 Å². The van der Waals surface area contributed by atoms with Crippen LogP contribution in [0.1, 0.15) is 51.5 Å². The zero-order chi connectivity index (χ0) is 28.1. The molecule has 10 heteroatoms. The van der Waals surface area contributed by atoms with Gasteiger partial charge in [0.25, 0.3) is 0 Å². The van der Waals surface area contributed by atoms with Crippen molar-refractivity contribution in [3.05, 3.63) is 48.0 Å². The number of carbonyl (C=O) groups excluding carboxylic acids is 3. The third-order valence-corrected chi connectivity index (χ3v) is 9.63. The van der Waals surface area contributed by atoms with E-state index in [0.29, 0.717) is 42.7 Å². The number of aromatic nitrogens is 1. The maximum atomic E-state index is 13.9. The molecule has 2 aromatic carbocycles. The first-order chi connectivity index (χ1) is 19.3. The van der Waals surface area contributed by atoms with Crippen LogP contribution in [0.15, 0.2) is 42.5 Å². The Labute approximate surface area is 238 Å². The molecule has 0 bridgehead atoms. The van der Waals surface area contributed by atoms with Gasteiger partial charge < -0.3 is 19.9 Å². The molecule has 1 N–H and O–H groups in total. The molecule has 4 amide bonds. The van der Waals surface area contributed by atoms with E-state index in [1.54, 1.807) is 16.9 Å². The van der Waals surface area contributed by atoms with Crippen LogP contribution < -0.4 is 15.0 Å². The summed E-state index contributed by atoms with van der Waals surface area (Å²) in [6, 6.07) is 12.4. The highest BCUT2D eigenvalue weighted by Crippen LogP contribution is 2.43. The van der Waals surface area contributed by atoms with E-state index < -0.39 is 6.04 Å². The molecule has 4 heterocycles. The molecule has 3 fully saturated rings. The summed E-state index contributed by atoms with van der Waals surface area (Å²) < 4.78 is 6.32. The molecule has 3 aliphatic heterocycles. The van der Waals surface area contributed by atoms with Gasteiger partial charge in [0.1, 0.15) is 11.8 Å². The molecular weight excluding hydrogens is 526 g/mol. The number of anilines is 2. The number of benzene rings is 2. The normalized spacial score (nSPS) is 24.3. The summed E-state index contributed by atoms with van der Waals surface area (Å²) in [6.07, 6.45) is 2.08. The SMILES string of the molecule is COc1ccc2sc(N3C(=O)[C@@H](C)[C@@H]4[C@@H]3CCN4C(=O)[C@@H]3CCCN3C(=O)Nc3ccc(C(C)C)cc3)nc2c1. The minimum absolute atomic E-state index is 0.00983. The number of nitrogens with zero attached hydrogens (tertiary/aromatic N) is 4. The smallest absolute Gasteiger partial charge is 0.322 e. The average molecular weight is 562 g/mol. The number of nitrogens with one attached hydrogen (secondary N) is 1. The highest BCUT2D eigenvalue weighted by Gasteiger charge is 2.55. The minimum Gasteiger partial charge on any atom is -0.497 e. The van der Waals surface area contributed by atoms with Gasteiger partial charge in [-0.15, -0.1) is 0 Å². The molecule has 3 aromatic rings. The Morgan fingerprint density at radius 3 is 2.58 bits per heavy atom. The maximum absolute atomic E-state index is 13.9. The van der Waals surface area contributed by atoms with Crippen LogP contribution in [0.4, 0.5) is 15.6 Å². The van der Waals surface area contributed by atoms with E-state index in [1.807, 2.05) is 54.3 Å². The summed E-state index contributed by atoms with van der Waals surface area (Å²) in [5, 5.41) is 3.63. The van der Waals surface area contributed by atoms with Crippen molar-refractivity contribution in [2.24, 2.45) is 5.92 Å². The van der Waals surface area contributed by atoms with Crippen LogP contribution in [0, 0.1) is 5.92 Å². The molecule has 3 aliphatic rings. The third kappa shape index (κ3) is 4.48. The molecule has 0 aliphatic carbocycles. The van der Waals surface area contributed by atoms with E-state index in [-0.39, 0.29) is 35.8 Å². The first kappa shape index (κ1) is 26.6. The molecule has 6 rings (SSSR count). The van der Waals surface area contributed by atoms with Gasteiger partial charge in [-0.1, -0.05) is 44.2 Å². The van der Waals surface area contributed by atoms with E-state index in [2.05, 4.69) is 19.2 Å². The van der Waals surface area contributed by atoms with E-state index in [4.69, 9.17) is 9.72 Å². The molecule has 1 aromatic heterocycles. The van der Waals surface area contributed by atoms with Crippen LogP contribution in [0.25, 0.3) is 10.2 Å². The fourth-order valence-electron chi connectivity index (χ4n) is 6.44. The van der Waals surface area contributed by atoms with Crippen LogP contribution >= 0.6 is 11.3 Å². The number of urea groups is 1. The number of thiazole rings is 1. The largest absolute Gasteiger partial charge is 0.497 e. The molecule has 4 atom stereocenters. The van der Waals surface area contributed by atoms with Crippen LogP contribution in [-0.2, 0) is 9.59 Å². The van der Waals surface area contributed by atoms with Crippen LogP contribution in [0.5, 0.6) is 5.75 Å². The van der Waals surface area contributed by atoms with Crippen molar-refractivity contribution < 1.29 is 19.1 Å². The van der Waals surface area contributed by atoms with Crippen molar-refractivity contribution >= 4 is 50.2 Å². The van der Waals surface area contributed by atoms with E-state index in [1.165, 1.54) is 16.9 Å². The topological polar surface area (TPSA) is 95.1 Å². The summed E-state index contributed by atoms with van der Waals surface area (Å²) in [7, 11) is 1.62. The summed E-state index contributed by atoms with van der Waals surface area (Å²) in [4.78, 5) is 50.8. The summed E-state index contributed by atoms with van der Waals surface area (Å²) >= 11 is 1.48. The zero-order valence-corrected chi connectivity index (χ0v) is 24.1. The number of amides is 4. The molecule has 0 radical (unpaired) electrons. The molecular formula is C30H35N5O4S. The Morgan fingerprint density at radius 2 is 1.85 bits per heavy atom. The van der Waals surface area contributed by atoms with Crippen molar-refractivity contribution in [2.45, 2.75) is 64.1 Å². The van der Waals surface area contributed by atoms with Crippen molar-refractivity contribution in [3.8, 4) is 5.75 Å². The molecule has 3 saturated heterocycles. The van der Waals surface area contributed by atoms with Crippen molar-refractivity contribution in [1.82, 2.24) is 14.8 Å². The number of fused-ring (bicyclic) bond motifs is 2. The predicted octanol–water partition coefficient (Wildman–Crippen LogP) is 5.08. The maximum Gasteiger partial charge on any atom is 0.322 e. The second kappa shape index (κ2) is 10.4. The standard InChI is InChI=1S/C30H35N5O4S/c1-17(2)19-7-9-20(10-8-19)31-29(38)33-14-5-6-24(33)28(37)34-15-13-23-26(34)18(3)27(36)35(23)30-32-22-16-21(39-4)11-12-25(22)40-30/h7-12,16-18,23-24,26H,5-6,13-15H2,1-4H3,(H,31,38)/t18-,23-,24-,26+/m0/s1. The van der Waals surface area contributed by atoms with Gasteiger partial charge in [-0.2, -0.15) is 0 Å². The van der Waals surface area contributed by atoms with Gasteiger partial charge in [0.15, 0.2) is 5.13 Å². The Kier molecular flexibility index (Phi) is 6.90. The Hall–Kier alpha value is -3.66. The fraction of sp³-hybridized carbons (Fsp3) is 0.467. The van der Waals surface area contributed by atoms with Gasteiger partial charge in [-0.05, 0) is 55.0 Å². The number of carbonyl (C=O) groups is 3. The van der Waals surface area contributed by atoms with Crippen molar-refractivity contribution in [2.75, 3.05) is 30.4 Å². The van der Waals surface area contributed by atoms with Crippen molar-refractivity contribution in [1.29, 1.82) is 0 Å². The predicted molar refractivity (Wildman–Crippen MR) is 156 cm³/mol. The molecule has 0 unspecified atom stereocenters. The lowest BCUT2D eigenvalue weighted by atomic mass is 10.0. The molecule has 210 valence electrons. The molecule has 0 spiro atoms. The number of hydrogen-bond donors (Lipinski definition) is 1. The quantitative estimate of drug-likeness (QED) is 0.469. The Balaban J connectivity index is 1.18. The lowest BCUT2D eigenvalue weighted by molar-refractivity contribution is -0.137. The summed E-state index contributed by atoms with van der Waals surface area (Å²) in [5.74, 6) is 0.712. The highest BCUT2D eigenvalue weighted by molar-refractivity contribution is 7.22. The van der Waals surface area contributed by atoms with Gasteiger partial charge in [-0.25, -0.2) is 9.78 Å². The van der Waals surface area contributed by atoms with E-state index in [0.717, 1.165) is 22.4 Å². The highest BCUT2D eigenvalue weighted by atomic mass is 32.1. The summed E-state index contributed by atoms with van der Waals surface area (Å²) in [5.41, 5.74) is 2.71. The minimum atomic E-state index is -0.528. The van der Waals surface area contributed by atoms with E-state index >= 15 is 0 Å². The first-order valence-electron chi connectivity index (χ1n) is 14.0. The van der Waals surface area contributed by atoms with Crippen LogP contribution in [0.2, 0.25) is 0 Å². The number of methoxy groups -OCH3 is 1. The average Bonchev–Trinajstić information content (AvgIpc) is 3.73. The van der Waals surface area contributed by atoms with Gasteiger partial charge in [-0.3, -0.25) is 14.5 Å². The number of rotatable bonds is 5. The summed E-state index contributed by atoms with van der Waals surface area (Å²) in [6.45, 7) is 7.26. The van der Waals surface area contributed by atoms with Gasteiger partial charge >= 0.3 is 6.03 Å². The number of ether oxygens (including phenoxy) is 1. The molecule has 40 heavy (non-hydrogen) atoms. The number of likely N-dealkylation sites (tertiary alicyclic amines) is 2. The zero-order valence-electron chi connectivity index (χ0n) is 23.3. The van der Waals surface area contributed by atoms with Crippen LogP contribution in [0.3, 0.4) is 0 Å². The lowest BCUT2D eigenvalue weighted by Crippen LogP contribution is -2.52. The van der Waals surface area contributed by atoms with Gasteiger partial charge in [0.2, 0.25) is 11.8 Å². The third-order valence-electron chi connectivity index (χ3n) is 8.59. The van der Waals surface area contributed by atoms with Crippen molar-refractivity contribution in [3.63, 3.8) is 0 Å². The second-order valence-electron chi connectivity index (χ2n) is 11.3. The fourth-order valence-corrected chi connectivity index (χ4v) is 7.45. The Bertz CT molecular complexity index is 1450. The second-order valence-corrected chi connectivity index (χ2v) is 12.3. The number of hydrogen-bond acceptors (Lipinski definition) is 6. The van der Waals surface area contributed by atoms with Gasteiger partial charge in [0, 0.05) is 24.8 Å². The molecule has 0 saturated carbocycles. The first-order valence-corrected chi connectivity index (χ1v) is 14.8. The monoisotopic (exact) mass is 561 g/mol. The lowest BCUT2D eigenvalue weighted by Gasteiger charge is -2.32. The Morgan fingerprint density at radius 1 is 1.07 bits per heavy atom. The molecule has 9 nitrogen and oxygen atoms in total. The van der Waals surface area contributed by atoms with Crippen LogP contribution in [-0.4, -0.2) is 71.0 Å².